The van der Waals surface area contributed by atoms with Gasteiger partial charge in [-0.15, -0.1) is 5.10 Å². The molecule has 40 heavy (non-hydrogen) atoms. The van der Waals surface area contributed by atoms with Gasteiger partial charge < -0.3 is 13.9 Å². The van der Waals surface area contributed by atoms with Crippen LogP contribution in [0, 0.1) is 0 Å². The molecule has 1 aliphatic rings. The van der Waals surface area contributed by atoms with E-state index in [9.17, 15) is 0 Å². The van der Waals surface area contributed by atoms with Gasteiger partial charge in [-0.3, -0.25) is 0 Å². The molecule has 3 aromatic heterocycles. The summed E-state index contributed by atoms with van der Waals surface area (Å²) in [5, 5.41) is 7.47. The molecule has 194 valence electrons. The van der Waals surface area contributed by atoms with Crippen molar-refractivity contribution < 1.29 is 13.9 Å². The number of para-hydroxylation sites is 2. The summed E-state index contributed by atoms with van der Waals surface area (Å²) in [7, 11) is 1.67. The van der Waals surface area contributed by atoms with Gasteiger partial charge in [0.25, 0.3) is 5.22 Å². The fourth-order valence-corrected chi connectivity index (χ4v) is 6.02. The van der Waals surface area contributed by atoms with Crippen LogP contribution in [0.15, 0.2) is 101 Å². The second-order valence-corrected chi connectivity index (χ2v) is 10.4. The van der Waals surface area contributed by atoms with Crippen LogP contribution in [0.3, 0.4) is 0 Å². The van der Waals surface area contributed by atoms with Gasteiger partial charge in [-0.2, -0.15) is 0 Å². The van der Waals surface area contributed by atoms with E-state index in [1.807, 2.05) is 48.5 Å². The lowest BCUT2D eigenvalue weighted by atomic mass is 9.83. The van der Waals surface area contributed by atoms with Crippen LogP contribution in [-0.2, 0) is 5.75 Å². The summed E-state index contributed by atoms with van der Waals surface area (Å²) in [6.45, 7) is 0. The SMILES string of the molecule is COc1ccc(C2c3ccc4ccccc4c3Oc3ncn4nc(CSc5nc6ccccc6o5)nc4c32)cc1. The van der Waals surface area contributed by atoms with E-state index in [1.165, 1.54) is 11.8 Å². The van der Waals surface area contributed by atoms with E-state index in [4.69, 9.17) is 29.0 Å². The first-order valence-electron chi connectivity index (χ1n) is 12.8. The van der Waals surface area contributed by atoms with Gasteiger partial charge >= 0.3 is 0 Å². The van der Waals surface area contributed by atoms with E-state index >= 15 is 0 Å². The molecule has 1 aliphatic heterocycles. The smallest absolute Gasteiger partial charge is 0.257 e. The van der Waals surface area contributed by atoms with Crippen molar-refractivity contribution in [3.05, 3.63) is 114 Å². The molecule has 0 amide bonds. The van der Waals surface area contributed by atoms with Crippen molar-refractivity contribution in [1.82, 2.24) is 24.6 Å². The van der Waals surface area contributed by atoms with Crippen LogP contribution >= 0.6 is 11.8 Å². The summed E-state index contributed by atoms with van der Waals surface area (Å²) >= 11 is 1.46. The summed E-state index contributed by atoms with van der Waals surface area (Å²) in [6, 6.07) is 28.4. The summed E-state index contributed by atoms with van der Waals surface area (Å²) in [6.07, 6.45) is 1.66. The van der Waals surface area contributed by atoms with Crippen molar-refractivity contribution in [2.24, 2.45) is 0 Å². The number of benzene rings is 4. The number of ether oxygens (including phenoxy) is 2. The van der Waals surface area contributed by atoms with Crippen LogP contribution in [0.4, 0.5) is 0 Å². The molecule has 4 aromatic carbocycles. The highest BCUT2D eigenvalue weighted by Gasteiger charge is 2.34. The number of oxazole rings is 1. The van der Waals surface area contributed by atoms with Crippen molar-refractivity contribution in [3.8, 4) is 17.4 Å². The molecule has 0 radical (unpaired) electrons. The fraction of sp³-hybridized carbons (Fsp3) is 0.0968. The van der Waals surface area contributed by atoms with Gasteiger partial charge in [0.05, 0.1) is 18.4 Å². The maximum absolute atomic E-state index is 6.52. The molecule has 0 aliphatic carbocycles. The molecule has 8 rings (SSSR count). The Bertz CT molecular complexity index is 2020. The number of fused-ring (bicyclic) bond motifs is 7. The van der Waals surface area contributed by atoms with Crippen molar-refractivity contribution in [1.29, 1.82) is 0 Å². The topological polar surface area (TPSA) is 87.6 Å². The Morgan fingerprint density at radius 2 is 1.77 bits per heavy atom. The third kappa shape index (κ3) is 3.70. The Morgan fingerprint density at radius 1 is 0.925 bits per heavy atom. The van der Waals surface area contributed by atoms with E-state index in [0.717, 1.165) is 50.1 Å². The van der Waals surface area contributed by atoms with Crippen molar-refractivity contribution in [2.75, 3.05) is 7.11 Å². The van der Waals surface area contributed by atoms with E-state index in [2.05, 4.69) is 41.4 Å². The molecule has 1 unspecified atom stereocenters. The van der Waals surface area contributed by atoms with Crippen molar-refractivity contribution >= 4 is 39.3 Å². The minimum atomic E-state index is -0.160. The van der Waals surface area contributed by atoms with E-state index in [1.54, 1.807) is 18.0 Å². The average molecular weight is 544 g/mol. The number of thioether (sulfide) groups is 1. The van der Waals surface area contributed by atoms with Crippen LogP contribution in [0.25, 0.3) is 27.5 Å². The molecule has 1 atom stereocenters. The zero-order valence-corrected chi connectivity index (χ0v) is 22.1. The lowest BCUT2D eigenvalue weighted by molar-refractivity contribution is 0.414. The summed E-state index contributed by atoms with van der Waals surface area (Å²) in [5.74, 6) is 3.13. The zero-order valence-electron chi connectivity index (χ0n) is 21.3. The Morgan fingerprint density at radius 3 is 2.65 bits per heavy atom. The Balaban J connectivity index is 1.24. The molecule has 0 spiro atoms. The highest BCUT2D eigenvalue weighted by Crippen LogP contribution is 2.50. The molecular formula is C31H21N5O3S. The van der Waals surface area contributed by atoms with Crippen LogP contribution in [-0.4, -0.2) is 31.7 Å². The lowest BCUT2D eigenvalue weighted by Gasteiger charge is -2.28. The van der Waals surface area contributed by atoms with E-state index in [0.29, 0.717) is 28.3 Å². The first-order valence-corrected chi connectivity index (χ1v) is 13.8. The number of hydrogen-bond acceptors (Lipinski definition) is 8. The molecule has 8 nitrogen and oxygen atoms in total. The Hall–Kier alpha value is -4.89. The monoisotopic (exact) mass is 543 g/mol. The second kappa shape index (κ2) is 9.10. The Kier molecular flexibility index (Phi) is 5.24. The maximum atomic E-state index is 6.52. The van der Waals surface area contributed by atoms with Gasteiger partial charge in [0, 0.05) is 16.9 Å². The quantitative estimate of drug-likeness (QED) is 0.214. The largest absolute Gasteiger partial charge is 0.497 e. The minimum absolute atomic E-state index is 0.160. The Labute approximate surface area is 232 Å². The number of aromatic nitrogens is 5. The second-order valence-electron chi connectivity index (χ2n) is 9.51. The number of nitrogens with zero attached hydrogens (tertiary/aromatic N) is 5. The zero-order chi connectivity index (χ0) is 26.6. The van der Waals surface area contributed by atoms with Gasteiger partial charge in [0.2, 0.25) is 5.88 Å². The van der Waals surface area contributed by atoms with Crippen LogP contribution < -0.4 is 9.47 Å². The number of hydrogen-bond donors (Lipinski definition) is 0. The van der Waals surface area contributed by atoms with Crippen LogP contribution in [0.5, 0.6) is 17.4 Å². The van der Waals surface area contributed by atoms with Crippen molar-refractivity contribution in [3.63, 3.8) is 0 Å². The van der Waals surface area contributed by atoms with Gasteiger partial charge in [0.15, 0.2) is 17.1 Å². The minimum Gasteiger partial charge on any atom is -0.497 e. The molecule has 7 aromatic rings. The molecule has 0 saturated carbocycles. The van der Waals surface area contributed by atoms with Gasteiger partial charge in [-0.05, 0) is 35.2 Å². The predicted molar refractivity (Wildman–Crippen MR) is 152 cm³/mol. The fourth-order valence-electron chi connectivity index (χ4n) is 5.33. The average Bonchev–Trinajstić information content (AvgIpc) is 3.62. The summed E-state index contributed by atoms with van der Waals surface area (Å²) < 4.78 is 19.5. The molecule has 0 N–H and O–H groups in total. The van der Waals surface area contributed by atoms with Crippen molar-refractivity contribution in [2.45, 2.75) is 16.9 Å². The standard InChI is InChI=1S/C31H21N5O3S/c1-37-20-13-10-19(11-14-20)26-22-15-12-18-6-2-3-7-21(18)28(22)39-30-27(26)29-34-25(35-36(29)17-32-30)16-40-31-33-23-8-4-5-9-24(23)38-31/h2-15,17,26H,16H2,1H3. The molecule has 0 fully saturated rings. The number of rotatable bonds is 5. The third-order valence-electron chi connectivity index (χ3n) is 7.19. The van der Waals surface area contributed by atoms with Gasteiger partial charge in [0.1, 0.15) is 23.3 Å². The molecule has 4 heterocycles. The van der Waals surface area contributed by atoms with Crippen LogP contribution in [0.1, 0.15) is 28.4 Å². The highest BCUT2D eigenvalue weighted by molar-refractivity contribution is 7.98. The molecule has 9 heteroatoms. The predicted octanol–water partition coefficient (Wildman–Crippen LogP) is 7.01. The lowest BCUT2D eigenvalue weighted by Crippen LogP contribution is -2.15. The van der Waals surface area contributed by atoms with Crippen LogP contribution in [0.2, 0.25) is 0 Å². The number of methoxy groups -OCH3 is 1. The maximum Gasteiger partial charge on any atom is 0.257 e. The molecular weight excluding hydrogens is 522 g/mol. The summed E-state index contributed by atoms with van der Waals surface area (Å²) in [4.78, 5) is 14.2. The molecule has 0 saturated heterocycles. The highest BCUT2D eigenvalue weighted by atomic mass is 32.2. The van der Waals surface area contributed by atoms with E-state index in [-0.39, 0.29) is 5.92 Å². The first kappa shape index (κ1) is 23.0. The van der Waals surface area contributed by atoms with E-state index < -0.39 is 0 Å². The normalized spacial score (nSPS) is 14.3. The third-order valence-corrected chi connectivity index (χ3v) is 8.01. The van der Waals surface area contributed by atoms with Gasteiger partial charge in [-0.25, -0.2) is 19.5 Å². The summed E-state index contributed by atoms with van der Waals surface area (Å²) in [5.41, 5.74) is 5.31. The molecule has 0 bridgehead atoms. The van der Waals surface area contributed by atoms with Gasteiger partial charge in [-0.1, -0.05) is 72.4 Å². The first-order chi connectivity index (χ1) is 19.7.